The van der Waals surface area contributed by atoms with Crippen molar-refractivity contribution < 1.29 is 9.84 Å². The summed E-state index contributed by atoms with van der Waals surface area (Å²) in [6.07, 6.45) is 3.13. The van der Waals surface area contributed by atoms with Crippen molar-refractivity contribution >= 4 is 11.6 Å². The van der Waals surface area contributed by atoms with E-state index >= 15 is 0 Å². The van der Waals surface area contributed by atoms with E-state index in [1.54, 1.807) is 18.3 Å². The molecule has 1 heterocycles. The van der Waals surface area contributed by atoms with E-state index in [1.165, 1.54) is 5.56 Å². The molecule has 1 aliphatic carbocycles. The van der Waals surface area contributed by atoms with Gasteiger partial charge in [0.25, 0.3) is 0 Å². The fourth-order valence-corrected chi connectivity index (χ4v) is 2.85. The minimum atomic E-state index is -0.551. The molecule has 0 bridgehead atoms. The summed E-state index contributed by atoms with van der Waals surface area (Å²) < 4.78 is 5.61. The van der Waals surface area contributed by atoms with Crippen LogP contribution in [0, 0.1) is 0 Å². The van der Waals surface area contributed by atoms with Gasteiger partial charge in [-0.3, -0.25) is 4.98 Å². The Hall–Kier alpha value is -1.58. The molecule has 0 saturated carbocycles. The predicted molar refractivity (Wildman–Crippen MR) is 78.3 cm³/mol. The number of aromatic nitrogens is 1. The largest absolute Gasteiger partial charge is 0.491 e. The summed E-state index contributed by atoms with van der Waals surface area (Å²) in [7, 11) is 0. The highest BCUT2D eigenvalue weighted by Crippen LogP contribution is 2.33. The van der Waals surface area contributed by atoms with Gasteiger partial charge in [0.2, 0.25) is 0 Å². The maximum absolute atomic E-state index is 10.3. The van der Waals surface area contributed by atoms with Crippen molar-refractivity contribution in [3.63, 3.8) is 0 Å². The number of rotatable bonds is 4. The molecular formula is C16H16ClNO2. The van der Waals surface area contributed by atoms with Gasteiger partial charge in [-0.15, -0.1) is 0 Å². The van der Waals surface area contributed by atoms with E-state index in [9.17, 15) is 5.11 Å². The van der Waals surface area contributed by atoms with Crippen LogP contribution >= 0.6 is 11.6 Å². The molecule has 20 heavy (non-hydrogen) atoms. The van der Waals surface area contributed by atoms with Crippen LogP contribution in [0.4, 0.5) is 0 Å². The Morgan fingerprint density at radius 3 is 3.10 bits per heavy atom. The van der Waals surface area contributed by atoms with E-state index in [-0.39, 0.29) is 12.5 Å². The number of benzene rings is 1. The first-order valence-corrected chi connectivity index (χ1v) is 7.12. The highest BCUT2D eigenvalue weighted by atomic mass is 35.5. The average Bonchev–Trinajstić information content (AvgIpc) is 2.89. The van der Waals surface area contributed by atoms with Crippen LogP contribution in [-0.4, -0.2) is 22.8 Å². The lowest BCUT2D eigenvalue weighted by molar-refractivity contribution is 0.0828. The third kappa shape index (κ3) is 2.79. The molecule has 4 heteroatoms. The summed E-state index contributed by atoms with van der Waals surface area (Å²) in [5.74, 6) is 0.737. The fraction of sp³-hybridized carbons (Fsp3) is 0.312. The van der Waals surface area contributed by atoms with Gasteiger partial charge >= 0.3 is 0 Å². The number of aliphatic hydroxyl groups is 1. The SMILES string of the molecule is OC(COc1cccc(Cl)c1)C1CCc2cccnc21. The van der Waals surface area contributed by atoms with Crippen molar-refractivity contribution in [1.29, 1.82) is 0 Å². The zero-order chi connectivity index (χ0) is 13.9. The second-order valence-corrected chi connectivity index (χ2v) is 5.47. The molecular weight excluding hydrogens is 274 g/mol. The Balaban J connectivity index is 1.65. The van der Waals surface area contributed by atoms with Gasteiger partial charge < -0.3 is 9.84 Å². The summed E-state index contributed by atoms with van der Waals surface area (Å²) in [6, 6.07) is 11.2. The molecule has 104 valence electrons. The Bertz CT molecular complexity index is 603. The Labute approximate surface area is 123 Å². The molecule has 1 aliphatic rings. The average molecular weight is 290 g/mol. The molecule has 0 radical (unpaired) electrons. The van der Waals surface area contributed by atoms with E-state index in [2.05, 4.69) is 11.1 Å². The zero-order valence-electron chi connectivity index (χ0n) is 11.0. The first kappa shape index (κ1) is 13.4. The molecule has 3 nitrogen and oxygen atoms in total. The molecule has 1 aromatic heterocycles. The van der Waals surface area contributed by atoms with Crippen LogP contribution < -0.4 is 4.74 Å². The van der Waals surface area contributed by atoms with Gasteiger partial charge in [0.05, 0.1) is 6.10 Å². The van der Waals surface area contributed by atoms with E-state index < -0.39 is 6.10 Å². The molecule has 0 fully saturated rings. The molecule has 2 aromatic rings. The fourth-order valence-electron chi connectivity index (χ4n) is 2.67. The molecule has 0 spiro atoms. The first-order chi connectivity index (χ1) is 9.74. The number of halogens is 1. The minimum absolute atomic E-state index is 0.0605. The van der Waals surface area contributed by atoms with Crippen molar-refractivity contribution in [3.8, 4) is 5.75 Å². The second kappa shape index (κ2) is 5.81. The van der Waals surface area contributed by atoms with Crippen LogP contribution in [0.5, 0.6) is 5.75 Å². The lowest BCUT2D eigenvalue weighted by Crippen LogP contribution is -2.25. The summed E-state index contributed by atoms with van der Waals surface area (Å²) in [5, 5.41) is 11.0. The summed E-state index contributed by atoms with van der Waals surface area (Å²) in [6.45, 7) is 0.251. The van der Waals surface area contributed by atoms with Crippen LogP contribution in [0.25, 0.3) is 0 Å². The minimum Gasteiger partial charge on any atom is -0.491 e. The highest BCUT2D eigenvalue weighted by Gasteiger charge is 2.30. The van der Waals surface area contributed by atoms with E-state index in [4.69, 9.17) is 16.3 Å². The molecule has 2 unspecified atom stereocenters. The first-order valence-electron chi connectivity index (χ1n) is 6.74. The second-order valence-electron chi connectivity index (χ2n) is 5.03. The molecule has 0 amide bonds. The lowest BCUT2D eigenvalue weighted by atomic mass is 10.0. The maximum atomic E-state index is 10.3. The smallest absolute Gasteiger partial charge is 0.120 e. The van der Waals surface area contributed by atoms with Gasteiger partial charge in [-0.1, -0.05) is 23.7 Å². The van der Waals surface area contributed by atoms with Crippen LogP contribution in [0.3, 0.4) is 0 Å². The van der Waals surface area contributed by atoms with Crippen molar-refractivity contribution in [3.05, 3.63) is 58.9 Å². The van der Waals surface area contributed by atoms with Crippen LogP contribution in [-0.2, 0) is 6.42 Å². The number of hydrogen-bond donors (Lipinski definition) is 1. The highest BCUT2D eigenvalue weighted by molar-refractivity contribution is 6.30. The number of fused-ring (bicyclic) bond motifs is 1. The third-order valence-corrected chi connectivity index (χ3v) is 3.92. The number of pyridine rings is 1. The lowest BCUT2D eigenvalue weighted by Gasteiger charge is -2.19. The summed E-state index contributed by atoms with van der Waals surface area (Å²) in [4.78, 5) is 4.39. The van der Waals surface area contributed by atoms with Gasteiger partial charge in [-0.25, -0.2) is 0 Å². The predicted octanol–water partition coefficient (Wildman–Crippen LogP) is 3.20. The van der Waals surface area contributed by atoms with Crippen molar-refractivity contribution in [1.82, 2.24) is 4.98 Å². The Morgan fingerprint density at radius 2 is 2.25 bits per heavy atom. The van der Waals surface area contributed by atoms with E-state index in [0.29, 0.717) is 10.8 Å². The zero-order valence-corrected chi connectivity index (χ0v) is 11.8. The van der Waals surface area contributed by atoms with Gasteiger partial charge in [-0.05, 0) is 42.7 Å². The van der Waals surface area contributed by atoms with Gasteiger partial charge in [0.15, 0.2) is 0 Å². The Kier molecular flexibility index (Phi) is 3.90. The standard InChI is InChI=1S/C16H16ClNO2/c17-12-4-1-5-13(9-12)20-10-15(19)14-7-6-11-3-2-8-18-16(11)14/h1-5,8-9,14-15,19H,6-7,10H2. The number of aliphatic hydroxyl groups excluding tert-OH is 1. The number of nitrogens with zero attached hydrogens (tertiary/aromatic N) is 1. The monoisotopic (exact) mass is 289 g/mol. The molecule has 0 saturated heterocycles. The molecule has 1 aromatic carbocycles. The van der Waals surface area contributed by atoms with Gasteiger partial charge in [-0.2, -0.15) is 0 Å². The van der Waals surface area contributed by atoms with Crippen molar-refractivity contribution in [2.45, 2.75) is 24.9 Å². The number of aryl methyl sites for hydroxylation is 1. The third-order valence-electron chi connectivity index (χ3n) is 3.68. The number of hydrogen-bond acceptors (Lipinski definition) is 3. The van der Waals surface area contributed by atoms with Gasteiger partial charge in [0, 0.05) is 22.8 Å². The van der Waals surface area contributed by atoms with Crippen LogP contribution in [0.2, 0.25) is 5.02 Å². The molecule has 2 atom stereocenters. The summed E-state index contributed by atoms with van der Waals surface area (Å²) in [5.41, 5.74) is 2.24. The molecule has 1 N–H and O–H groups in total. The molecule has 0 aliphatic heterocycles. The Morgan fingerprint density at radius 1 is 1.35 bits per heavy atom. The topological polar surface area (TPSA) is 42.4 Å². The van der Waals surface area contributed by atoms with E-state index in [0.717, 1.165) is 18.5 Å². The number of ether oxygens (including phenoxy) is 1. The van der Waals surface area contributed by atoms with Crippen molar-refractivity contribution in [2.75, 3.05) is 6.61 Å². The molecule has 3 rings (SSSR count). The van der Waals surface area contributed by atoms with E-state index in [1.807, 2.05) is 18.2 Å². The van der Waals surface area contributed by atoms with Crippen molar-refractivity contribution in [2.24, 2.45) is 0 Å². The normalized spacial score (nSPS) is 18.6. The van der Waals surface area contributed by atoms with Gasteiger partial charge in [0.1, 0.15) is 12.4 Å². The quantitative estimate of drug-likeness (QED) is 0.940. The maximum Gasteiger partial charge on any atom is 0.120 e. The van der Waals surface area contributed by atoms with Crippen LogP contribution in [0.15, 0.2) is 42.6 Å². The van der Waals surface area contributed by atoms with Crippen LogP contribution in [0.1, 0.15) is 23.6 Å². The summed E-state index contributed by atoms with van der Waals surface area (Å²) >= 11 is 5.90.